The number of alkyl carbamates (subject to hydrolysis) is 1. The summed E-state index contributed by atoms with van der Waals surface area (Å²) in [6.45, 7) is 7.76. The van der Waals surface area contributed by atoms with Crippen LogP contribution in [0, 0.1) is 11.6 Å². The van der Waals surface area contributed by atoms with Crippen LogP contribution >= 0.6 is 0 Å². The van der Waals surface area contributed by atoms with Crippen LogP contribution < -0.4 is 5.32 Å². The molecule has 1 aliphatic rings. The molecule has 0 aliphatic carbocycles. The lowest BCUT2D eigenvalue weighted by Gasteiger charge is -2.32. The van der Waals surface area contributed by atoms with Crippen molar-refractivity contribution >= 4 is 17.0 Å². The first-order chi connectivity index (χ1) is 10.7. The van der Waals surface area contributed by atoms with E-state index in [9.17, 15) is 13.6 Å². The summed E-state index contributed by atoms with van der Waals surface area (Å²) in [6, 6.07) is 2.54. The Hall–Kier alpha value is -2.11. The van der Waals surface area contributed by atoms with Crippen molar-refractivity contribution < 1.29 is 18.3 Å². The van der Waals surface area contributed by atoms with Crippen molar-refractivity contribution in [3.05, 3.63) is 35.5 Å². The Balaban J connectivity index is 1.91. The van der Waals surface area contributed by atoms with Gasteiger partial charge in [-0.25, -0.2) is 13.6 Å². The molecule has 2 aromatic rings. The van der Waals surface area contributed by atoms with Crippen LogP contribution in [0.15, 0.2) is 18.3 Å². The van der Waals surface area contributed by atoms with Crippen LogP contribution in [-0.4, -0.2) is 22.3 Å². The fraction of sp³-hybridized carbons (Fsp3) is 0.471. The molecule has 4 nitrogen and oxygen atoms in total. The minimum Gasteiger partial charge on any atom is -0.444 e. The second kappa shape index (κ2) is 5.22. The van der Waals surface area contributed by atoms with Crippen LogP contribution in [0.5, 0.6) is 0 Å². The van der Waals surface area contributed by atoms with Crippen LogP contribution in [0.4, 0.5) is 13.6 Å². The van der Waals surface area contributed by atoms with Gasteiger partial charge in [-0.1, -0.05) is 6.92 Å². The molecule has 0 saturated carbocycles. The molecule has 1 aromatic heterocycles. The highest BCUT2D eigenvalue weighted by Gasteiger charge is 2.32. The third-order valence-corrected chi connectivity index (χ3v) is 4.15. The quantitative estimate of drug-likeness (QED) is 0.864. The summed E-state index contributed by atoms with van der Waals surface area (Å²) < 4.78 is 34.8. The molecule has 0 saturated heterocycles. The molecule has 1 aromatic carbocycles. The predicted molar refractivity (Wildman–Crippen MR) is 83.4 cm³/mol. The van der Waals surface area contributed by atoms with Gasteiger partial charge in [0.05, 0.1) is 11.6 Å². The average molecular weight is 322 g/mol. The number of ether oxygens (including phenoxy) is 1. The molecule has 2 atom stereocenters. The summed E-state index contributed by atoms with van der Waals surface area (Å²) >= 11 is 0. The van der Waals surface area contributed by atoms with E-state index in [1.54, 1.807) is 33.0 Å². The topological polar surface area (TPSA) is 43.3 Å². The Morgan fingerprint density at radius 3 is 2.74 bits per heavy atom. The second-order valence-electron chi connectivity index (χ2n) is 7.03. The second-order valence-corrected chi connectivity index (χ2v) is 7.03. The standard InChI is InChI=1S/C17H20F2N2O2/c1-9-11-7-12(18)14(19)10-5-6-21(15(10)11)8-13(9)20-16(22)23-17(2,3)4/h5-7,9,13H,8H2,1-4H3,(H,20,22). The van der Waals surface area contributed by atoms with Crippen LogP contribution in [0.2, 0.25) is 0 Å². The van der Waals surface area contributed by atoms with Crippen molar-refractivity contribution in [2.24, 2.45) is 0 Å². The van der Waals surface area contributed by atoms with Gasteiger partial charge in [-0.05, 0) is 38.5 Å². The Kier molecular flexibility index (Phi) is 3.58. The maximum Gasteiger partial charge on any atom is 0.407 e. The molecular formula is C17H20F2N2O2. The maximum absolute atomic E-state index is 13.9. The Morgan fingerprint density at radius 2 is 2.09 bits per heavy atom. The van der Waals surface area contributed by atoms with E-state index in [-0.39, 0.29) is 17.3 Å². The molecule has 2 unspecified atom stereocenters. The Labute approximate surface area is 133 Å². The molecule has 3 rings (SSSR count). The Morgan fingerprint density at radius 1 is 1.39 bits per heavy atom. The minimum absolute atomic E-state index is 0.150. The van der Waals surface area contributed by atoms with Crippen molar-refractivity contribution in [2.45, 2.75) is 51.8 Å². The zero-order chi connectivity index (χ0) is 16.9. The van der Waals surface area contributed by atoms with Gasteiger partial charge in [0.25, 0.3) is 0 Å². The van der Waals surface area contributed by atoms with Gasteiger partial charge in [-0.2, -0.15) is 0 Å². The van der Waals surface area contributed by atoms with Gasteiger partial charge < -0.3 is 14.6 Å². The highest BCUT2D eigenvalue weighted by atomic mass is 19.2. The highest BCUT2D eigenvalue weighted by molar-refractivity contribution is 5.85. The minimum atomic E-state index is -0.866. The first-order valence-corrected chi connectivity index (χ1v) is 7.63. The van der Waals surface area contributed by atoms with E-state index < -0.39 is 23.3 Å². The van der Waals surface area contributed by atoms with Gasteiger partial charge in [-0.3, -0.25) is 0 Å². The lowest BCUT2D eigenvalue weighted by molar-refractivity contribution is 0.0491. The first kappa shape index (κ1) is 15.8. The number of nitrogens with zero attached hydrogens (tertiary/aromatic N) is 1. The smallest absolute Gasteiger partial charge is 0.407 e. The van der Waals surface area contributed by atoms with E-state index in [0.29, 0.717) is 17.6 Å². The molecule has 0 radical (unpaired) electrons. The number of carbonyl (C=O) groups is 1. The predicted octanol–water partition coefficient (Wildman–Crippen LogP) is 3.93. The number of hydrogen-bond donors (Lipinski definition) is 1. The summed E-state index contributed by atoms with van der Waals surface area (Å²) in [5, 5.41) is 3.11. The fourth-order valence-corrected chi connectivity index (χ4v) is 3.08. The fourth-order valence-electron chi connectivity index (χ4n) is 3.08. The summed E-state index contributed by atoms with van der Waals surface area (Å²) in [4.78, 5) is 12.0. The lowest BCUT2D eigenvalue weighted by atomic mass is 9.89. The van der Waals surface area contributed by atoms with Gasteiger partial charge in [0.1, 0.15) is 5.60 Å². The van der Waals surface area contributed by atoms with Crippen molar-refractivity contribution in [1.82, 2.24) is 9.88 Å². The zero-order valence-electron chi connectivity index (χ0n) is 13.6. The number of halogens is 2. The monoisotopic (exact) mass is 322 g/mol. The normalized spacial score (nSPS) is 20.6. The zero-order valence-corrected chi connectivity index (χ0v) is 13.6. The molecule has 6 heteroatoms. The van der Waals surface area contributed by atoms with E-state index in [2.05, 4.69) is 5.32 Å². The van der Waals surface area contributed by atoms with Crippen LogP contribution in [-0.2, 0) is 11.3 Å². The van der Waals surface area contributed by atoms with Gasteiger partial charge in [0.2, 0.25) is 0 Å². The maximum atomic E-state index is 13.9. The van der Waals surface area contributed by atoms with E-state index in [0.717, 1.165) is 0 Å². The number of rotatable bonds is 1. The van der Waals surface area contributed by atoms with Gasteiger partial charge in [0.15, 0.2) is 11.6 Å². The Bertz CT molecular complexity index is 777. The molecule has 23 heavy (non-hydrogen) atoms. The van der Waals surface area contributed by atoms with Crippen LogP contribution in [0.1, 0.15) is 39.2 Å². The number of nitrogens with one attached hydrogen (secondary N) is 1. The molecule has 0 spiro atoms. The molecule has 0 fully saturated rings. The highest BCUT2D eigenvalue weighted by Crippen LogP contribution is 2.36. The van der Waals surface area contributed by atoms with Gasteiger partial charge in [-0.15, -0.1) is 0 Å². The molecule has 1 amide bonds. The van der Waals surface area contributed by atoms with E-state index >= 15 is 0 Å². The first-order valence-electron chi connectivity index (χ1n) is 7.63. The summed E-state index contributed by atoms with van der Waals surface area (Å²) in [5.41, 5.74) is 0.797. The molecule has 0 bridgehead atoms. The van der Waals surface area contributed by atoms with E-state index in [1.165, 1.54) is 6.07 Å². The average Bonchev–Trinajstić information content (AvgIpc) is 2.83. The molecule has 1 N–H and O–H groups in total. The molecule has 124 valence electrons. The van der Waals surface area contributed by atoms with Crippen molar-refractivity contribution in [3.8, 4) is 0 Å². The SMILES string of the molecule is CC1c2cc(F)c(F)c3ccn(c23)CC1NC(=O)OC(C)(C)C. The number of benzene rings is 1. The van der Waals surface area contributed by atoms with E-state index in [1.807, 2.05) is 11.5 Å². The lowest BCUT2D eigenvalue weighted by Crippen LogP contribution is -2.45. The number of aromatic nitrogens is 1. The van der Waals surface area contributed by atoms with Crippen molar-refractivity contribution in [2.75, 3.05) is 0 Å². The summed E-state index contributed by atoms with van der Waals surface area (Å²) in [5.74, 6) is -1.84. The van der Waals surface area contributed by atoms with Crippen molar-refractivity contribution in [1.29, 1.82) is 0 Å². The third-order valence-electron chi connectivity index (χ3n) is 4.15. The molecular weight excluding hydrogens is 302 g/mol. The number of carbonyl (C=O) groups excluding carboxylic acids is 1. The molecule has 2 heterocycles. The molecule has 1 aliphatic heterocycles. The summed E-state index contributed by atoms with van der Waals surface area (Å²) in [7, 11) is 0. The largest absolute Gasteiger partial charge is 0.444 e. The van der Waals surface area contributed by atoms with Crippen molar-refractivity contribution in [3.63, 3.8) is 0 Å². The van der Waals surface area contributed by atoms with E-state index in [4.69, 9.17) is 4.74 Å². The summed E-state index contributed by atoms with van der Waals surface area (Å²) in [6.07, 6.45) is 1.20. The number of amides is 1. The van der Waals surface area contributed by atoms with Crippen LogP contribution in [0.3, 0.4) is 0 Å². The van der Waals surface area contributed by atoms with Gasteiger partial charge >= 0.3 is 6.09 Å². The number of hydrogen-bond acceptors (Lipinski definition) is 2. The van der Waals surface area contributed by atoms with Gasteiger partial charge in [0, 0.05) is 24.0 Å². The third kappa shape index (κ3) is 2.78. The van der Waals surface area contributed by atoms with Crippen LogP contribution in [0.25, 0.3) is 10.9 Å².